The van der Waals surface area contributed by atoms with Crippen LogP contribution < -0.4 is 0 Å². The zero-order valence-electron chi connectivity index (χ0n) is 9.26. The van der Waals surface area contributed by atoms with Gasteiger partial charge in [-0.1, -0.05) is 23.7 Å². The third kappa shape index (κ3) is 1.68. The van der Waals surface area contributed by atoms with E-state index in [-0.39, 0.29) is 0 Å². The van der Waals surface area contributed by atoms with Crippen molar-refractivity contribution in [2.75, 3.05) is 0 Å². The van der Waals surface area contributed by atoms with Crippen LogP contribution in [0.4, 0.5) is 0 Å². The fourth-order valence-electron chi connectivity index (χ4n) is 1.95. The smallest absolute Gasteiger partial charge is 0.234 e. The molecule has 0 aliphatic carbocycles. The highest BCUT2D eigenvalue weighted by Crippen LogP contribution is 2.25. The number of nitrogens with zero attached hydrogens (tertiary/aromatic N) is 3. The molecule has 3 rings (SSSR count). The summed E-state index contributed by atoms with van der Waals surface area (Å²) in [5, 5.41) is 0.735. The van der Waals surface area contributed by atoms with E-state index in [1.165, 1.54) is 0 Å². The Morgan fingerprint density at radius 2 is 1.94 bits per heavy atom. The van der Waals surface area contributed by atoms with Crippen molar-refractivity contribution in [1.29, 1.82) is 0 Å². The van der Waals surface area contributed by atoms with E-state index in [2.05, 4.69) is 9.97 Å². The fourth-order valence-corrected chi connectivity index (χ4v) is 2.08. The Bertz CT molecular complexity index is 671. The minimum Gasteiger partial charge on any atom is -0.283 e. The Balaban J connectivity index is 2.29. The van der Waals surface area contributed by atoms with Gasteiger partial charge in [0.15, 0.2) is 0 Å². The van der Waals surface area contributed by atoms with Gasteiger partial charge in [0, 0.05) is 23.0 Å². The first-order valence-electron chi connectivity index (χ1n) is 5.31. The Morgan fingerprint density at radius 1 is 1.18 bits per heavy atom. The maximum atomic E-state index is 5.90. The fraction of sp³-hybridized carbons (Fsp3) is 0.0769. The average molecular weight is 244 g/mol. The molecular weight excluding hydrogens is 234 g/mol. The molecule has 0 N–H and O–H groups in total. The van der Waals surface area contributed by atoms with Gasteiger partial charge < -0.3 is 0 Å². The van der Waals surface area contributed by atoms with E-state index in [1.54, 1.807) is 6.20 Å². The van der Waals surface area contributed by atoms with Crippen molar-refractivity contribution in [3.63, 3.8) is 0 Å². The van der Waals surface area contributed by atoms with Gasteiger partial charge in [-0.25, -0.2) is 9.97 Å². The standard InChI is InChI=1S/C13H10ClN3/c1-9-12(10-3-5-11(14)6-4-10)17-8-2-7-15-13(17)16-9/h2-8H,1H3. The number of hydrogen-bond acceptors (Lipinski definition) is 2. The van der Waals surface area contributed by atoms with Gasteiger partial charge in [-0.3, -0.25) is 4.40 Å². The monoisotopic (exact) mass is 243 g/mol. The second kappa shape index (κ2) is 3.86. The second-order valence-electron chi connectivity index (χ2n) is 3.84. The van der Waals surface area contributed by atoms with Gasteiger partial charge in [0.05, 0.1) is 11.4 Å². The van der Waals surface area contributed by atoms with Crippen LogP contribution in [0.3, 0.4) is 0 Å². The molecule has 0 aliphatic rings. The molecule has 0 saturated heterocycles. The van der Waals surface area contributed by atoms with Crippen LogP contribution >= 0.6 is 11.6 Å². The zero-order chi connectivity index (χ0) is 11.8. The predicted molar refractivity (Wildman–Crippen MR) is 68.2 cm³/mol. The Morgan fingerprint density at radius 3 is 2.71 bits per heavy atom. The third-order valence-corrected chi connectivity index (χ3v) is 2.95. The topological polar surface area (TPSA) is 30.2 Å². The molecule has 0 saturated carbocycles. The summed E-state index contributed by atoms with van der Waals surface area (Å²) in [6, 6.07) is 9.64. The van der Waals surface area contributed by atoms with Gasteiger partial charge in [-0.05, 0) is 25.1 Å². The molecule has 0 aliphatic heterocycles. The largest absolute Gasteiger partial charge is 0.283 e. The summed E-state index contributed by atoms with van der Waals surface area (Å²) in [5.74, 6) is 0.718. The van der Waals surface area contributed by atoms with Crippen LogP contribution in [0.15, 0.2) is 42.7 Å². The van der Waals surface area contributed by atoms with Crippen molar-refractivity contribution >= 4 is 17.4 Å². The van der Waals surface area contributed by atoms with Crippen molar-refractivity contribution in [2.24, 2.45) is 0 Å². The zero-order valence-corrected chi connectivity index (χ0v) is 10.0. The predicted octanol–water partition coefficient (Wildman–Crippen LogP) is 3.36. The number of benzene rings is 1. The van der Waals surface area contributed by atoms with Crippen molar-refractivity contribution in [3.8, 4) is 11.3 Å². The molecule has 3 aromatic rings. The molecule has 0 amide bonds. The SMILES string of the molecule is Cc1nc2ncccn2c1-c1ccc(Cl)cc1. The lowest BCUT2D eigenvalue weighted by atomic mass is 10.1. The van der Waals surface area contributed by atoms with Crippen LogP contribution in [0, 0.1) is 6.92 Å². The average Bonchev–Trinajstić information content (AvgIpc) is 2.66. The highest BCUT2D eigenvalue weighted by atomic mass is 35.5. The molecule has 2 aromatic heterocycles. The molecule has 0 bridgehead atoms. The van der Waals surface area contributed by atoms with E-state index >= 15 is 0 Å². The minimum absolute atomic E-state index is 0.718. The maximum Gasteiger partial charge on any atom is 0.234 e. The molecule has 4 heteroatoms. The van der Waals surface area contributed by atoms with E-state index in [0.717, 1.165) is 27.8 Å². The first-order valence-corrected chi connectivity index (χ1v) is 5.69. The van der Waals surface area contributed by atoms with Gasteiger partial charge in [0.2, 0.25) is 5.78 Å². The highest BCUT2D eigenvalue weighted by Gasteiger charge is 2.10. The number of hydrogen-bond donors (Lipinski definition) is 0. The van der Waals surface area contributed by atoms with Gasteiger partial charge in [0.1, 0.15) is 0 Å². The number of halogens is 1. The van der Waals surface area contributed by atoms with E-state index in [1.807, 2.05) is 47.9 Å². The summed E-state index contributed by atoms with van der Waals surface area (Å²) in [4.78, 5) is 8.66. The lowest BCUT2D eigenvalue weighted by molar-refractivity contribution is 1.11. The van der Waals surface area contributed by atoms with Crippen LogP contribution in [0.25, 0.3) is 17.0 Å². The Hall–Kier alpha value is -1.87. The molecule has 1 aromatic carbocycles. The molecule has 0 radical (unpaired) electrons. The van der Waals surface area contributed by atoms with Crippen LogP contribution in [0.2, 0.25) is 5.02 Å². The molecule has 2 heterocycles. The number of fused-ring (bicyclic) bond motifs is 1. The van der Waals surface area contributed by atoms with Crippen molar-refractivity contribution < 1.29 is 0 Å². The summed E-state index contributed by atoms with van der Waals surface area (Å²) in [6.07, 6.45) is 3.71. The maximum absolute atomic E-state index is 5.90. The summed E-state index contributed by atoms with van der Waals surface area (Å²) < 4.78 is 1.98. The van der Waals surface area contributed by atoms with Crippen molar-refractivity contribution in [2.45, 2.75) is 6.92 Å². The first kappa shape index (κ1) is 10.3. The van der Waals surface area contributed by atoms with Crippen molar-refractivity contribution in [3.05, 3.63) is 53.4 Å². The van der Waals surface area contributed by atoms with E-state index in [4.69, 9.17) is 11.6 Å². The second-order valence-corrected chi connectivity index (χ2v) is 4.28. The summed E-state index contributed by atoms with van der Waals surface area (Å²) in [7, 11) is 0. The number of rotatable bonds is 1. The van der Waals surface area contributed by atoms with Gasteiger partial charge >= 0.3 is 0 Å². The van der Waals surface area contributed by atoms with E-state index in [0.29, 0.717) is 0 Å². The molecule has 0 fully saturated rings. The van der Waals surface area contributed by atoms with Gasteiger partial charge in [-0.15, -0.1) is 0 Å². The Labute approximate surface area is 104 Å². The number of aryl methyl sites for hydroxylation is 1. The minimum atomic E-state index is 0.718. The number of aromatic nitrogens is 3. The molecule has 0 spiro atoms. The number of imidazole rings is 1. The molecular formula is C13H10ClN3. The van der Waals surface area contributed by atoms with E-state index < -0.39 is 0 Å². The van der Waals surface area contributed by atoms with Crippen LogP contribution in [-0.2, 0) is 0 Å². The normalized spacial score (nSPS) is 10.9. The van der Waals surface area contributed by atoms with E-state index in [9.17, 15) is 0 Å². The Kier molecular flexibility index (Phi) is 2.34. The first-order chi connectivity index (χ1) is 8.25. The third-order valence-electron chi connectivity index (χ3n) is 2.70. The summed E-state index contributed by atoms with van der Waals surface area (Å²) in [6.45, 7) is 1.98. The molecule has 0 unspecified atom stereocenters. The summed E-state index contributed by atoms with van der Waals surface area (Å²) in [5.41, 5.74) is 3.11. The molecule has 84 valence electrons. The van der Waals surface area contributed by atoms with Gasteiger partial charge in [-0.2, -0.15) is 0 Å². The molecule has 3 nitrogen and oxygen atoms in total. The van der Waals surface area contributed by atoms with Crippen molar-refractivity contribution in [1.82, 2.24) is 14.4 Å². The quantitative estimate of drug-likeness (QED) is 0.656. The highest BCUT2D eigenvalue weighted by molar-refractivity contribution is 6.30. The lowest BCUT2D eigenvalue weighted by Crippen LogP contribution is -1.89. The van der Waals surface area contributed by atoms with Crippen LogP contribution in [-0.4, -0.2) is 14.4 Å². The van der Waals surface area contributed by atoms with Gasteiger partial charge in [0.25, 0.3) is 0 Å². The lowest BCUT2D eigenvalue weighted by Gasteiger charge is -2.02. The van der Waals surface area contributed by atoms with Crippen LogP contribution in [0.5, 0.6) is 0 Å². The summed E-state index contributed by atoms with van der Waals surface area (Å²) >= 11 is 5.90. The van der Waals surface area contributed by atoms with Crippen LogP contribution in [0.1, 0.15) is 5.69 Å². The molecule has 0 atom stereocenters. The molecule has 17 heavy (non-hydrogen) atoms.